The lowest BCUT2D eigenvalue weighted by molar-refractivity contribution is -0.139. The molecule has 4 aliphatic rings. The van der Waals surface area contributed by atoms with Gasteiger partial charge in [0, 0.05) is 6.42 Å². The maximum absolute atomic E-state index is 11.9. The van der Waals surface area contributed by atoms with E-state index in [9.17, 15) is 14.7 Å². The standard InChI is InChI=1S/C24H36O5/c1-23-11-9-17(29-14-16(25)4-8-22(27)28)13-15(23)3-5-18-19-6-7-21(26)24(19,2)12-10-20(18)23/h13,17-21,26H,3-12,14H2,1-2H3,(H,27,28)/t17-,18?,19?,20?,21?,23?,24?/m0/s1. The molecule has 5 heteroatoms. The number of ketones is 1. The third-order valence-corrected chi connectivity index (χ3v) is 9.10. The zero-order valence-electron chi connectivity index (χ0n) is 17.9. The Morgan fingerprint density at radius 2 is 1.86 bits per heavy atom. The highest BCUT2D eigenvalue weighted by molar-refractivity contribution is 5.83. The zero-order valence-corrected chi connectivity index (χ0v) is 17.9. The van der Waals surface area contributed by atoms with Crippen LogP contribution in [0.25, 0.3) is 0 Å². The number of carbonyl (C=O) groups is 2. The molecule has 4 aliphatic carbocycles. The van der Waals surface area contributed by atoms with Gasteiger partial charge in [-0.2, -0.15) is 0 Å². The van der Waals surface area contributed by atoms with Gasteiger partial charge in [-0.1, -0.05) is 25.5 Å². The number of hydrogen-bond acceptors (Lipinski definition) is 4. The largest absolute Gasteiger partial charge is 0.481 e. The van der Waals surface area contributed by atoms with Crippen LogP contribution in [0.4, 0.5) is 0 Å². The Bertz CT molecular complexity index is 699. The number of carboxylic acids is 1. The topological polar surface area (TPSA) is 83.8 Å². The fraction of sp³-hybridized carbons (Fsp3) is 0.833. The Morgan fingerprint density at radius 1 is 1.07 bits per heavy atom. The van der Waals surface area contributed by atoms with Crippen LogP contribution in [-0.2, 0) is 14.3 Å². The van der Waals surface area contributed by atoms with Gasteiger partial charge in [-0.25, -0.2) is 0 Å². The summed E-state index contributed by atoms with van der Waals surface area (Å²) in [6, 6.07) is 0. The summed E-state index contributed by atoms with van der Waals surface area (Å²) in [6.45, 7) is 4.78. The molecule has 0 aromatic carbocycles. The van der Waals surface area contributed by atoms with Crippen molar-refractivity contribution in [2.45, 2.75) is 90.3 Å². The lowest BCUT2D eigenvalue weighted by atomic mass is 9.47. The number of carbonyl (C=O) groups excluding carboxylic acids is 1. The van der Waals surface area contributed by atoms with Gasteiger partial charge < -0.3 is 14.9 Å². The van der Waals surface area contributed by atoms with Gasteiger partial charge in [0.2, 0.25) is 0 Å². The molecule has 0 spiro atoms. The molecule has 7 atom stereocenters. The molecule has 4 rings (SSSR count). The molecule has 0 aliphatic heterocycles. The number of aliphatic hydroxyl groups excluding tert-OH is 1. The number of hydrogen-bond donors (Lipinski definition) is 2. The van der Waals surface area contributed by atoms with Crippen LogP contribution in [-0.4, -0.2) is 40.8 Å². The first-order valence-electron chi connectivity index (χ1n) is 11.5. The average Bonchev–Trinajstić information content (AvgIpc) is 2.99. The molecule has 0 amide bonds. The number of aliphatic hydroxyl groups is 1. The van der Waals surface area contributed by atoms with Crippen molar-refractivity contribution in [2.75, 3.05) is 6.61 Å². The second-order valence-corrected chi connectivity index (χ2v) is 10.5. The fourth-order valence-electron chi connectivity index (χ4n) is 7.32. The van der Waals surface area contributed by atoms with Crippen molar-refractivity contribution in [1.82, 2.24) is 0 Å². The van der Waals surface area contributed by atoms with Crippen LogP contribution in [0.5, 0.6) is 0 Å². The molecule has 0 saturated heterocycles. The number of ether oxygens (including phenoxy) is 1. The molecule has 0 radical (unpaired) electrons. The van der Waals surface area contributed by atoms with E-state index >= 15 is 0 Å². The SMILES string of the molecule is CC12CC[C@H](OCC(=O)CCC(=O)O)C=C1CCC1C2CCC2(C)C(O)CCC12. The summed E-state index contributed by atoms with van der Waals surface area (Å²) >= 11 is 0. The second-order valence-electron chi connectivity index (χ2n) is 10.5. The molecule has 0 aromatic heterocycles. The molecule has 5 nitrogen and oxygen atoms in total. The first kappa shape index (κ1) is 21.0. The van der Waals surface area contributed by atoms with Crippen LogP contribution in [0.15, 0.2) is 11.6 Å². The molecule has 3 fully saturated rings. The summed E-state index contributed by atoms with van der Waals surface area (Å²) < 4.78 is 5.85. The van der Waals surface area contributed by atoms with Gasteiger partial charge >= 0.3 is 5.97 Å². The first-order chi connectivity index (χ1) is 13.7. The second kappa shape index (κ2) is 7.81. The van der Waals surface area contributed by atoms with E-state index in [1.54, 1.807) is 0 Å². The van der Waals surface area contributed by atoms with Gasteiger partial charge in [-0.15, -0.1) is 0 Å². The van der Waals surface area contributed by atoms with Crippen molar-refractivity contribution in [2.24, 2.45) is 28.6 Å². The van der Waals surface area contributed by atoms with Crippen molar-refractivity contribution in [3.63, 3.8) is 0 Å². The summed E-state index contributed by atoms with van der Waals surface area (Å²) in [5.41, 5.74) is 1.86. The van der Waals surface area contributed by atoms with Crippen molar-refractivity contribution in [1.29, 1.82) is 0 Å². The van der Waals surface area contributed by atoms with E-state index in [4.69, 9.17) is 9.84 Å². The number of rotatable bonds is 6. The van der Waals surface area contributed by atoms with Crippen LogP contribution < -0.4 is 0 Å². The lowest BCUT2D eigenvalue weighted by Gasteiger charge is -2.58. The Labute approximate surface area is 173 Å². The van der Waals surface area contributed by atoms with E-state index in [-0.39, 0.29) is 48.3 Å². The summed E-state index contributed by atoms with van der Waals surface area (Å²) in [6.07, 6.45) is 10.9. The molecular formula is C24H36O5. The summed E-state index contributed by atoms with van der Waals surface area (Å²) in [7, 11) is 0. The van der Waals surface area contributed by atoms with Crippen molar-refractivity contribution in [3.05, 3.63) is 11.6 Å². The highest BCUT2D eigenvalue weighted by atomic mass is 16.5. The van der Waals surface area contributed by atoms with Crippen LogP contribution in [0.1, 0.15) is 78.1 Å². The van der Waals surface area contributed by atoms with Crippen LogP contribution in [0.2, 0.25) is 0 Å². The van der Waals surface area contributed by atoms with E-state index in [1.165, 1.54) is 24.8 Å². The Kier molecular flexibility index (Phi) is 5.67. The summed E-state index contributed by atoms with van der Waals surface area (Å²) in [5, 5.41) is 19.3. The van der Waals surface area contributed by atoms with Crippen LogP contribution in [0, 0.1) is 28.6 Å². The van der Waals surface area contributed by atoms with Crippen LogP contribution in [0.3, 0.4) is 0 Å². The van der Waals surface area contributed by atoms with E-state index in [2.05, 4.69) is 19.9 Å². The maximum Gasteiger partial charge on any atom is 0.303 e. The molecule has 29 heavy (non-hydrogen) atoms. The van der Waals surface area contributed by atoms with Crippen LogP contribution >= 0.6 is 0 Å². The quantitative estimate of drug-likeness (QED) is 0.650. The molecule has 2 N–H and O–H groups in total. The Hall–Kier alpha value is -1.20. The van der Waals surface area contributed by atoms with Gasteiger partial charge in [0.15, 0.2) is 5.78 Å². The number of carboxylic acid groups (broad SMARTS) is 1. The minimum absolute atomic E-state index is 0.0167. The molecule has 162 valence electrons. The predicted molar refractivity (Wildman–Crippen MR) is 109 cm³/mol. The van der Waals surface area contributed by atoms with Gasteiger partial charge in [0.25, 0.3) is 0 Å². The first-order valence-corrected chi connectivity index (χ1v) is 11.5. The average molecular weight is 405 g/mol. The monoisotopic (exact) mass is 404 g/mol. The van der Waals surface area contributed by atoms with Gasteiger partial charge in [-0.05, 0) is 80.0 Å². The number of allylic oxidation sites excluding steroid dienone is 1. The van der Waals surface area contributed by atoms with E-state index < -0.39 is 5.97 Å². The Balaban J connectivity index is 1.41. The van der Waals surface area contributed by atoms with Crippen molar-refractivity contribution >= 4 is 11.8 Å². The smallest absolute Gasteiger partial charge is 0.303 e. The number of aliphatic carboxylic acids is 1. The van der Waals surface area contributed by atoms with Gasteiger partial charge in [-0.3, -0.25) is 9.59 Å². The third kappa shape index (κ3) is 3.69. The fourth-order valence-corrected chi connectivity index (χ4v) is 7.32. The van der Waals surface area contributed by atoms with Crippen molar-refractivity contribution < 1.29 is 24.5 Å². The van der Waals surface area contributed by atoms with Crippen molar-refractivity contribution in [3.8, 4) is 0 Å². The third-order valence-electron chi connectivity index (χ3n) is 9.10. The number of fused-ring (bicyclic) bond motifs is 5. The summed E-state index contributed by atoms with van der Waals surface area (Å²) in [5.74, 6) is 1.01. The summed E-state index contributed by atoms with van der Waals surface area (Å²) in [4.78, 5) is 22.5. The van der Waals surface area contributed by atoms with Gasteiger partial charge in [0.05, 0.1) is 18.6 Å². The zero-order chi connectivity index (χ0) is 20.8. The molecule has 0 heterocycles. The number of Topliss-reactive ketones (excluding diaryl/α,β-unsaturated/α-hetero) is 1. The highest BCUT2D eigenvalue weighted by Gasteiger charge is 2.58. The predicted octanol–water partition coefficient (Wildman–Crippen LogP) is 4.13. The highest BCUT2D eigenvalue weighted by Crippen LogP contribution is 2.65. The van der Waals surface area contributed by atoms with E-state index in [1.807, 2.05) is 0 Å². The molecule has 6 unspecified atom stereocenters. The molecular weight excluding hydrogens is 368 g/mol. The molecule has 0 bridgehead atoms. The normalized spacial score (nSPS) is 43.7. The van der Waals surface area contributed by atoms with E-state index in [0.29, 0.717) is 11.8 Å². The minimum atomic E-state index is -0.941. The molecule has 3 saturated carbocycles. The van der Waals surface area contributed by atoms with Gasteiger partial charge in [0.1, 0.15) is 6.61 Å². The van der Waals surface area contributed by atoms with E-state index in [0.717, 1.165) is 38.0 Å². The maximum atomic E-state index is 11.9. The Morgan fingerprint density at radius 3 is 2.62 bits per heavy atom. The lowest BCUT2D eigenvalue weighted by Crippen LogP contribution is -2.51. The molecule has 0 aromatic rings. The minimum Gasteiger partial charge on any atom is -0.481 e.